The van der Waals surface area contributed by atoms with E-state index in [0.717, 1.165) is 25.7 Å². The maximum Gasteiger partial charge on any atom is 0.312 e. The van der Waals surface area contributed by atoms with Crippen LogP contribution in [0, 0.1) is 5.41 Å². The van der Waals surface area contributed by atoms with Crippen LogP contribution in [0.4, 0.5) is 0 Å². The Morgan fingerprint density at radius 1 is 1.18 bits per heavy atom. The van der Waals surface area contributed by atoms with Gasteiger partial charge in [0.1, 0.15) is 0 Å². The molecule has 1 aliphatic rings. The zero-order valence-electron chi connectivity index (χ0n) is 14.7. The third-order valence-corrected chi connectivity index (χ3v) is 3.97. The van der Waals surface area contributed by atoms with Gasteiger partial charge in [-0.15, -0.1) is 0 Å². The molecule has 0 aromatic heterocycles. The van der Waals surface area contributed by atoms with Crippen LogP contribution in [0.5, 0.6) is 0 Å². The second-order valence-electron chi connectivity index (χ2n) is 8.24. The van der Waals surface area contributed by atoms with Gasteiger partial charge < -0.3 is 15.3 Å². The summed E-state index contributed by atoms with van der Waals surface area (Å²) in [6, 6.07) is -0.0114. The number of nitrogens with one attached hydrogen (secondary N) is 1. The molecule has 0 radical (unpaired) electrons. The third kappa shape index (κ3) is 5.95. The Morgan fingerprint density at radius 2 is 1.82 bits per heavy atom. The smallest absolute Gasteiger partial charge is 0.312 e. The number of hydrogen-bond acceptors (Lipinski definition) is 3. The van der Waals surface area contributed by atoms with E-state index >= 15 is 0 Å². The van der Waals surface area contributed by atoms with Crippen LogP contribution in [-0.4, -0.2) is 46.6 Å². The summed E-state index contributed by atoms with van der Waals surface area (Å²) in [5, 5.41) is 12.0. The molecule has 128 valence electrons. The summed E-state index contributed by atoms with van der Waals surface area (Å²) in [7, 11) is 0. The largest absolute Gasteiger partial charge is 0.396 e. The van der Waals surface area contributed by atoms with Gasteiger partial charge in [-0.05, 0) is 51.4 Å². The monoisotopic (exact) mass is 312 g/mol. The van der Waals surface area contributed by atoms with Gasteiger partial charge in [-0.25, -0.2) is 0 Å². The Balaban J connectivity index is 2.69. The van der Waals surface area contributed by atoms with Gasteiger partial charge in [0.05, 0.1) is 0 Å². The highest BCUT2D eigenvalue weighted by Gasteiger charge is 2.34. The standard InChI is InChI=1S/C17H32N2O3/c1-16(2,3)12-17(4,5)18-14(21)15(22)19-10-7-6-8-13(19)9-11-20/h13,20H,6-12H2,1-5H3,(H,18,21). The fraction of sp³-hybridized carbons (Fsp3) is 0.882. The molecule has 1 unspecified atom stereocenters. The fourth-order valence-electron chi connectivity index (χ4n) is 3.58. The fourth-order valence-corrected chi connectivity index (χ4v) is 3.58. The van der Waals surface area contributed by atoms with Crippen LogP contribution in [0.15, 0.2) is 0 Å². The van der Waals surface area contributed by atoms with Crippen molar-refractivity contribution in [3.05, 3.63) is 0 Å². The van der Waals surface area contributed by atoms with Crippen molar-refractivity contribution < 1.29 is 14.7 Å². The maximum absolute atomic E-state index is 12.5. The molecule has 1 saturated heterocycles. The Morgan fingerprint density at radius 3 is 2.36 bits per heavy atom. The molecule has 0 spiro atoms. The lowest BCUT2D eigenvalue weighted by atomic mass is 9.82. The van der Waals surface area contributed by atoms with Crippen LogP contribution >= 0.6 is 0 Å². The molecule has 5 nitrogen and oxygen atoms in total. The molecular weight excluding hydrogens is 280 g/mol. The predicted molar refractivity (Wildman–Crippen MR) is 87.3 cm³/mol. The van der Waals surface area contributed by atoms with Gasteiger partial charge in [0.15, 0.2) is 0 Å². The molecule has 1 atom stereocenters. The molecular formula is C17H32N2O3. The van der Waals surface area contributed by atoms with E-state index in [1.807, 2.05) is 13.8 Å². The van der Waals surface area contributed by atoms with Crippen molar-refractivity contribution in [3.8, 4) is 0 Å². The van der Waals surface area contributed by atoms with E-state index in [9.17, 15) is 9.59 Å². The van der Waals surface area contributed by atoms with E-state index in [-0.39, 0.29) is 18.1 Å². The van der Waals surface area contributed by atoms with Crippen LogP contribution in [0.25, 0.3) is 0 Å². The highest BCUT2D eigenvalue weighted by Crippen LogP contribution is 2.27. The van der Waals surface area contributed by atoms with Crippen molar-refractivity contribution in [2.45, 2.75) is 78.3 Å². The molecule has 22 heavy (non-hydrogen) atoms. The topological polar surface area (TPSA) is 69.6 Å². The van der Waals surface area contributed by atoms with E-state index in [4.69, 9.17) is 5.11 Å². The lowest BCUT2D eigenvalue weighted by Crippen LogP contribution is -2.55. The Kier molecular flexibility index (Phi) is 6.41. The number of hydrogen-bond donors (Lipinski definition) is 2. The number of aliphatic hydroxyl groups excluding tert-OH is 1. The zero-order chi connectivity index (χ0) is 17.0. The second-order valence-corrected chi connectivity index (χ2v) is 8.24. The first-order valence-corrected chi connectivity index (χ1v) is 8.30. The van der Waals surface area contributed by atoms with E-state index in [1.54, 1.807) is 4.90 Å². The number of carbonyl (C=O) groups excluding carboxylic acids is 2. The van der Waals surface area contributed by atoms with Gasteiger partial charge in [0.2, 0.25) is 0 Å². The highest BCUT2D eigenvalue weighted by molar-refractivity contribution is 6.35. The van der Waals surface area contributed by atoms with Crippen molar-refractivity contribution in [1.82, 2.24) is 10.2 Å². The first-order valence-electron chi connectivity index (χ1n) is 8.30. The number of nitrogens with zero attached hydrogens (tertiary/aromatic N) is 1. The maximum atomic E-state index is 12.5. The Labute approximate surface area is 134 Å². The summed E-state index contributed by atoms with van der Waals surface area (Å²) in [6.45, 7) is 10.9. The molecule has 0 aromatic carbocycles. The predicted octanol–water partition coefficient (Wildman–Crippen LogP) is 2.08. The van der Waals surface area contributed by atoms with Crippen molar-refractivity contribution in [2.75, 3.05) is 13.2 Å². The summed E-state index contributed by atoms with van der Waals surface area (Å²) < 4.78 is 0. The molecule has 0 aliphatic carbocycles. The summed E-state index contributed by atoms with van der Waals surface area (Å²) >= 11 is 0. The van der Waals surface area contributed by atoms with Crippen LogP contribution < -0.4 is 5.32 Å². The number of piperidine rings is 1. The molecule has 1 fully saturated rings. The van der Waals surface area contributed by atoms with Crippen molar-refractivity contribution in [2.24, 2.45) is 5.41 Å². The van der Waals surface area contributed by atoms with Crippen molar-refractivity contribution in [1.29, 1.82) is 0 Å². The van der Waals surface area contributed by atoms with E-state index in [2.05, 4.69) is 26.1 Å². The molecule has 0 saturated carbocycles. The lowest BCUT2D eigenvalue weighted by Gasteiger charge is -2.37. The Bertz CT molecular complexity index is 397. The molecule has 2 amide bonds. The average Bonchev–Trinajstić information content (AvgIpc) is 2.35. The Hall–Kier alpha value is -1.10. The van der Waals surface area contributed by atoms with Crippen LogP contribution in [-0.2, 0) is 9.59 Å². The number of carbonyl (C=O) groups is 2. The van der Waals surface area contributed by atoms with Crippen LogP contribution in [0.3, 0.4) is 0 Å². The molecule has 1 aliphatic heterocycles. The minimum Gasteiger partial charge on any atom is -0.396 e. The van der Waals surface area contributed by atoms with E-state index in [1.165, 1.54) is 0 Å². The van der Waals surface area contributed by atoms with Gasteiger partial charge in [-0.1, -0.05) is 20.8 Å². The minimum absolute atomic E-state index is 0.0114. The highest BCUT2D eigenvalue weighted by atomic mass is 16.3. The average molecular weight is 312 g/mol. The van der Waals surface area contributed by atoms with Crippen molar-refractivity contribution in [3.63, 3.8) is 0 Å². The molecule has 5 heteroatoms. The number of aliphatic hydroxyl groups is 1. The minimum atomic E-state index is -0.529. The SMILES string of the molecule is CC(C)(C)CC(C)(C)NC(=O)C(=O)N1CCCCC1CCO. The number of likely N-dealkylation sites (tertiary alicyclic amines) is 1. The third-order valence-electron chi connectivity index (χ3n) is 3.97. The van der Waals surface area contributed by atoms with E-state index < -0.39 is 17.4 Å². The second kappa shape index (κ2) is 7.44. The summed E-state index contributed by atoms with van der Waals surface area (Å²) in [4.78, 5) is 26.4. The van der Waals surface area contributed by atoms with Gasteiger partial charge >= 0.3 is 11.8 Å². The van der Waals surface area contributed by atoms with Gasteiger partial charge in [0, 0.05) is 24.7 Å². The number of rotatable bonds is 4. The van der Waals surface area contributed by atoms with E-state index in [0.29, 0.717) is 13.0 Å². The molecule has 0 aromatic rings. The quantitative estimate of drug-likeness (QED) is 0.781. The molecule has 2 N–H and O–H groups in total. The van der Waals surface area contributed by atoms with Crippen LogP contribution in [0.2, 0.25) is 0 Å². The molecule has 0 bridgehead atoms. The first-order chi connectivity index (χ1) is 10.1. The first kappa shape index (κ1) is 18.9. The molecule has 1 rings (SSSR count). The van der Waals surface area contributed by atoms with Gasteiger partial charge in [-0.2, -0.15) is 0 Å². The van der Waals surface area contributed by atoms with Crippen LogP contribution in [0.1, 0.15) is 66.7 Å². The summed E-state index contributed by atoms with van der Waals surface area (Å²) in [5.74, 6) is -0.987. The lowest BCUT2D eigenvalue weighted by molar-refractivity contribution is -0.149. The van der Waals surface area contributed by atoms with Crippen molar-refractivity contribution >= 4 is 11.8 Å². The van der Waals surface area contributed by atoms with Gasteiger partial charge in [-0.3, -0.25) is 9.59 Å². The zero-order valence-corrected chi connectivity index (χ0v) is 14.7. The normalized spacial score (nSPS) is 19.9. The summed E-state index contributed by atoms with van der Waals surface area (Å²) in [6.07, 6.45) is 4.17. The number of amides is 2. The van der Waals surface area contributed by atoms with Gasteiger partial charge in [0.25, 0.3) is 0 Å². The molecule has 1 heterocycles. The summed E-state index contributed by atoms with van der Waals surface area (Å²) in [5.41, 5.74) is -0.350.